The van der Waals surface area contributed by atoms with Crippen molar-refractivity contribution in [3.63, 3.8) is 0 Å². The van der Waals surface area contributed by atoms with Gasteiger partial charge in [-0.15, -0.1) is 0 Å². The molecule has 0 spiro atoms. The van der Waals surface area contributed by atoms with Gasteiger partial charge in [-0.25, -0.2) is 5.43 Å². The lowest BCUT2D eigenvalue weighted by molar-refractivity contribution is 0.0955. The molecule has 8 heteroatoms. The molecule has 0 unspecified atom stereocenters. The van der Waals surface area contributed by atoms with Crippen molar-refractivity contribution in [3.05, 3.63) is 89.9 Å². The van der Waals surface area contributed by atoms with Crippen LogP contribution in [0, 0.1) is 3.57 Å². The van der Waals surface area contributed by atoms with Gasteiger partial charge >= 0.3 is 0 Å². The van der Waals surface area contributed by atoms with Gasteiger partial charge in [0.15, 0.2) is 0 Å². The number of nitrogens with zero attached hydrogens (tertiary/aromatic N) is 2. The molecule has 1 saturated heterocycles. The third-order valence-corrected chi connectivity index (χ3v) is 7.19. The van der Waals surface area contributed by atoms with Gasteiger partial charge in [0.05, 0.1) is 15.2 Å². The average molecular weight is 683 g/mol. The molecule has 1 fully saturated rings. The predicted molar refractivity (Wildman–Crippen MR) is 148 cm³/mol. The minimum absolute atomic E-state index is 0.241. The zero-order valence-electron chi connectivity index (χ0n) is 17.7. The van der Waals surface area contributed by atoms with Crippen molar-refractivity contribution in [2.24, 2.45) is 5.10 Å². The fraction of sp³-hybridized carbons (Fsp3) is 0.200. The monoisotopic (exact) mass is 681 g/mol. The Balaban J connectivity index is 1.34. The van der Waals surface area contributed by atoms with Crippen LogP contribution in [-0.4, -0.2) is 25.2 Å². The highest BCUT2D eigenvalue weighted by molar-refractivity contribution is 14.1. The number of benzene rings is 3. The predicted octanol–water partition coefficient (Wildman–Crippen LogP) is 6.76. The maximum absolute atomic E-state index is 12.4. The van der Waals surface area contributed by atoms with E-state index in [2.05, 4.69) is 82.0 Å². The molecule has 1 aliphatic heterocycles. The maximum Gasteiger partial charge on any atom is 0.271 e. The molecule has 4 rings (SSSR count). The Morgan fingerprint density at radius 1 is 1.03 bits per heavy atom. The number of hydrogen-bond donors (Lipinski definition) is 1. The van der Waals surface area contributed by atoms with Crippen molar-refractivity contribution in [1.29, 1.82) is 0 Å². The number of anilines is 1. The summed E-state index contributed by atoms with van der Waals surface area (Å²) in [5.74, 6) is 0.475. The summed E-state index contributed by atoms with van der Waals surface area (Å²) in [4.78, 5) is 14.8. The summed E-state index contributed by atoms with van der Waals surface area (Å²) in [5.41, 5.74) is 6.25. The van der Waals surface area contributed by atoms with Crippen LogP contribution >= 0.6 is 54.5 Å². The first-order chi connectivity index (χ1) is 16.0. The second-order valence-corrected chi connectivity index (χ2v) is 10.6. The SMILES string of the molecule is O=C(N/N=C\c1cc(Br)c(OCc2ccc(I)cc2)c(Br)c1)c1ccc(N2CCCC2)cc1. The molecule has 170 valence electrons. The normalized spacial score (nSPS) is 13.5. The summed E-state index contributed by atoms with van der Waals surface area (Å²) < 4.78 is 8.77. The number of carbonyl (C=O) groups is 1. The van der Waals surface area contributed by atoms with Gasteiger partial charge in [-0.3, -0.25) is 4.79 Å². The second-order valence-electron chi connectivity index (χ2n) is 7.67. The Labute approximate surface area is 224 Å². The van der Waals surface area contributed by atoms with Crippen molar-refractivity contribution in [1.82, 2.24) is 5.43 Å². The van der Waals surface area contributed by atoms with Crippen molar-refractivity contribution in [3.8, 4) is 5.75 Å². The van der Waals surface area contributed by atoms with Crippen LogP contribution < -0.4 is 15.1 Å². The highest BCUT2D eigenvalue weighted by Crippen LogP contribution is 2.35. The molecule has 0 saturated carbocycles. The number of nitrogens with one attached hydrogen (secondary N) is 1. The molecule has 1 aliphatic rings. The third kappa shape index (κ3) is 6.58. The fourth-order valence-electron chi connectivity index (χ4n) is 3.56. The number of rotatable bonds is 7. The maximum atomic E-state index is 12.4. The summed E-state index contributed by atoms with van der Waals surface area (Å²) >= 11 is 9.41. The smallest absolute Gasteiger partial charge is 0.271 e. The van der Waals surface area contributed by atoms with E-state index in [9.17, 15) is 4.79 Å². The summed E-state index contributed by atoms with van der Waals surface area (Å²) in [5, 5.41) is 4.11. The van der Waals surface area contributed by atoms with Crippen LogP contribution in [0.3, 0.4) is 0 Å². The topological polar surface area (TPSA) is 53.9 Å². The Morgan fingerprint density at radius 3 is 2.30 bits per heavy atom. The number of hydrogen-bond acceptors (Lipinski definition) is 4. The second kappa shape index (κ2) is 11.5. The third-order valence-electron chi connectivity index (χ3n) is 5.30. The van der Waals surface area contributed by atoms with E-state index in [0.717, 1.165) is 38.8 Å². The summed E-state index contributed by atoms with van der Waals surface area (Å²) in [6.07, 6.45) is 4.06. The van der Waals surface area contributed by atoms with Crippen LogP contribution in [0.2, 0.25) is 0 Å². The number of amides is 1. The summed E-state index contributed by atoms with van der Waals surface area (Å²) in [7, 11) is 0. The summed E-state index contributed by atoms with van der Waals surface area (Å²) in [6, 6.07) is 19.7. The van der Waals surface area contributed by atoms with E-state index in [1.54, 1.807) is 6.21 Å². The molecule has 1 heterocycles. The van der Waals surface area contributed by atoms with Crippen molar-refractivity contribution < 1.29 is 9.53 Å². The lowest BCUT2D eigenvalue weighted by atomic mass is 10.2. The van der Waals surface area contributed by atoms with Crippen LogP contribution in [0.5, 0.6) is 5.75 Å². The number of halogens is 3. The van der Waals surface area contributed by atoms with Crippen LogP contribution in [0.15, 0.2) is 74.7 Å². The van der Waals surface area contributed by atoms with E-state index in [1.807, 2.05) is 48.5 Å². The zero-order chi connectivity index (χ0) is 23.2. The van der Waals surface area contributed by atoms with Gasteiger partial charge in [-0.1, -0.05) is 12.1 Å². The van der Waals surface area contributed by atoms with Crippen molar-refractivity contribution in [2.75, 3.05) is 18.0 Å². The lowest BCUT2D eigenvalue weighted by Crippen LogP contribution is -2.19. The van der Waals surface area contributed by atoms with Crippen molar-refractivity contribution in [2.45, 2.75) is 19.4 Å². The Morgan fingerprint density at radius 2 is 1.67 bits per heavy atom. The van der Waals surface area contributed by atoms with Gasteiger partial charge in [0.2, 0.25) is 0 Å². The molecule has 0 aromatic heterocycles. The molecule has 5 nitrogen and oxygen atoms in total. The van der Waals surface area contributed by atoms with Crippen LogP contribution in [0.4, 0.5) is 5.69 Å². The van der Waals surface area contributed by atoms with Crippen LogP contribution in [-0.2, 0) is 6.61 Å². The van der Waals surface area contributed by atoms with Crippen molar-refractivity contribution >= 4 is 72.3 Å². The Kier molecular flexibility index (Phi) is 8.43. The van der Waals surface area contributed by atoms with E-state index in [-0.39, 0.29) is 5.91 Å². The largest absolute Gasteiger partial charge is 0.487 e. The van der Waals surface area contributed by atoms with Gasteiger partial charge in [-0.05, 0) is 127 Å². The van der Waals surface area contributed by atoms with E-state index >= 15 is 0 Å². The highest BCUT2D eigenvalue weighted by Gasteiger charge is 2.13. The zero-order valence-corrected chi connectivity index (χ0v) is 23.1. The number of carbonyl (C=O) groups excluding carboxylic acids is 1. The summed E-state index contributed by atoms with van der Waals surface area (Å²) in [6.45, 7) is 2.63. The molecule has 0 radical (unpaired) electrons. The Hall–Kier alpha value is -1.91. The molecule has 33 heavy (non-hydrogen) atoms. The molecular weight excluding hydrogens is 661 g/mol. The number of hydrazone groups is 1. The van der Waals surface area contributed by atoms with E-state index in [0.29, 0.717) is 17.9 Å². The van der Waals surface area contributed by atoms with Gasteiger partial charge < -0.3 is 9.64 Å². The standard InChI is InChI=1S/C25H22Br2IN3O2/c26-22-13-18(14-23(27)24(22)33-16-17-3-7-20(28)8-4-17)15-29-30-25(32)19-5-9-21(10-6-19)31-11-1-2-12-31/h3-10,13-15H,1-2,11-12,16H2,(H,30,32)/b29-15-. The van der Waals surface area contributed by atoms with Crippen LogP contribution in [0.25, 0.3) is 0 Å². The quantitative estimate of drug-likeness (QED) is 0.170. The lowest BCUT2D eigenvalue weighted by Gasteiger charge is -2.17. The molecule has 3 aromatic carbocycles. The number of ether oxygens (including phenoxy) is 1. The molecule has 0 bridgehead atoms. The van der Waals surface area contributed by atoms with E-state index < -0.39 is 0 Å². The molecule has 3 aromatic rings. The first kappa shape index (κ1) is 24.2. The molecule has 0 aliphatic carbocycles. The van der Waals surface area contributed by atoms with Crippen LogP contribution in [0.1, 0.15) is 34.3 Å². The van der Waals surface area contributed by atoms with Gasteiger partial charge in [0, 0.05) is 27.9 Å². The molecule has 1 N–H and O–H groups in total. The fourth-order valence-corrected chi connectivity index (χ4v) is 5.37. The van der Waals surface area contributed by atoms with Gasteiger partial charge in [0.25, 0.3) is 5.91 Å². The first-order valence-corrected chi connectivity index (χ1v) is 13.2. The first-order valence-electron chi connectivity index (χ1n) is 10.5. The molecule has 0 atom stereocenters. The highest BCUT2D eigenvalue weighted by atomic mass is 127. The van der Waals surface area contributed by atoms with E-state index in [4.69, 9.17) is 4.74 Å². The molecular formula is C25H22Br2IN3O2. The Bertz CT molecular complexity index is 1120. The van der Waals surface area contributed by atoms with E-state index in [1.165, 1.54) is 16.4 Å². The minimum Gasteiger partial charge on any atom is -0.487 e. The average Bonchev–Trinajstić information content (AvgIpc) is 3.35. The van der Waals surface area contributed by atoms with Gasteiger partial charge in [-0.2, -0.15) is 5.10 Å². The molecule has 1 amide bonds. The van der Waals surface area contributed by atoms with Gasteiger partial charge in [0.1, 0.15) is 12.4 Å². The minimum atomic E-state index is -0.241.